The molecule has 7 heterocycles. The summed E-state index contributed by atoms with van der Waals surface area (Å²) in [5.74, 6) is -0.346. The van der Waals surface area contributed by atoms with Gasteiger partial charge in [0.25, 0.3) is 11.8 Å². The number of amides is 4. The summed E-state index contributed by atoms with van der Waals surface area (Å²) in [6.07, 6.45) is 13.6. The summed E-state index contributed by atoms with van der Waals surface area (Å²) in [6.45, 7) is 6.86. The number of nitrogens with one attached hydrogen (secondary N) is 3. The van der Waals surface area contributed by atoms with Gasteiger partial charge in [0, 0.05) is 88.8 Å². The zero-order valence-corrected chi connectivity index (χ0v) is 34.4. The van der Waals surface area contributed by atoms with E-state index >= 15 is 0 Å². The summed E-state index contributed by atoms with van der Waals surface area (Å²) >= 11 is 0. The van der Waals surface area contributed by atoms with Crippen LogP contribution in [0.15, 0.2) is 55.1 Å². The number of imidazole rings is 1. The Morgan fingerprint density at radius 2 is 1.67 bits per heavy atom. The highest BCUT2D eigenvalue weighted by Gasteiger charge is 2.30. The Morgan fingerprint density at radius 3 is 2.43 bits per heavy atom. The van der Waals surface area contributed by atoms with E-state index in [4.69, 9.17) is 9.84 Å². The maximum absolute atomic E-state index is 13.8. The van der Waals surface area contributed by atoms with Gasteiger partial charge in [0.15, 0.2) is 5.65 Å². The highest BCUT2D eigenvalue weighted by atomic mass is 16.5. The van der Waals surface area contributed by atoms with Gasteiger partial charge in [0.05, 0.1) is 47.5 Å². The minimum absolute atomic E-state index is 0.195. The first-order valence-electron chi connectivity index (χ1n) is 21.4. The number of ether oxygens (including phenoxy) is 1. The molecule has 0 unspecified atom stereocenters. The van der Waals surface area contributed by atoms with Crippen LogP contribution >= 0.6 is 0 Å². The van der Waals surface area contributed by atoms with Crippen LogP contribution in [-0.4, -0.2) is 112 Å². The molecule has 4 fully saturated rings. The van der Waals surface area contributed by atoms with Crippen molar-refractivity contribution in [1.29, 1.82) is 0 Å². The minimum atomic E-state index is -0.747. The van der Waals surface area contributed by atoms with E-state index in [1.54, 1.807) is 31.8 Å². The lowest BCUT2D eigenvalue weighted by Crippen LogP contribution is -2.52. The minimum Gasteiger partial charge on any atom is -0.496 e. The van der Waals surface area contributed by atoms with Gasteiger partial charge in [0.1, 0.15) is 17.3 Å². The molecule has 5 aromatic rings. The Labute approximate surface area is 348 Å². The predicted octanol–water partition coefficient (Wildman–Crippen LogP) is 4.66. The fraction of sp³-hybridized carbons (Fsp3) is 0.477. The van der Waals surface area contributed by atoms with E-state index in [0.717, 1.165) is 112 Å². The first-order valence-corrected chi connectivity index (χ1v) is 21.4. The molecule has 0 radical (unpaired) electrons. The van der Waals surface area contributed by atoms with E-state index in [1.807, 2.05) is 23.7 Å². The zero-order chi connectivity index (χ0) is 41.3. The Morgan fingerprint density at radius 1 is 0.867 bits per heavy atom. The number of methoxy groups -OCH3 is 1. The van der Waals surface area contributed by atoms with Crippen molar-refractivity contribution in [2.45, 2.75) is 69.9 Å². The van der Waals surface area contributed by atoms with E-state index in [1.165, 1.54) is 6.42 Å². The standard InChI is InChI=1S/C44H53N11O5/c1-51-27-46-40-33(10-15-45-41(40)51)43(58)48-36-22-29-26-55(50-35(29)24-37(36)54-16-4-3-5-17-54)30-13-18-52(19-14-30)25-28-11-20-53(21-12-28)31-6-7-32(38(23-31)60-2)42(57)47-34-8-9-39(56)49-44(34)59/h6-7,10,15,22-24,26-28,30,34H,3-5,8-9,11-14,16-21,25H2,1-2H3,(H,47,57)(H,48,58)(H,49,56,59)/t34-/m0/s1. The SMILES string of the molecule is COc1cc(N2CCC(CN3CCC(n4cc5cc(NC(=O)c6ccnc7c6ncn7C)c(N6CCCCC6)cc5n4)CC3)CC2)ccc1C(=O)N[C@H]1CCC(=O)NC1=O. The van der Waals surface area contributed by atoms with Gasteiger partial charge in [-0.15, -0.1) is 0 Å². The molecule has 0 aliphatic carbocycles. The molecule has 314 valence electrons. The Balaban J connectivity index is 0.804. The molecule has 0 bridgehead atoms. The van der Waals surface area contributed by atoms with Gasteiger partial charge in [-0.3, -0.25) is 29.2 Å². The molecule has 3 N–H and O–H groups in total. The van der Waals surface area contributed by atoms with Crippen LogP contribution in [0.4, 0.5) is 17.1 Å². The van der Waals surface area contributed by atoms with E-state index < -0.39 is 17.9 Å². The molecule has 16 nitrogen and oxygen atoms in total. The van der Waals surface area contributed by atoms with Crippen molar-refractivity contribution in [1.82, 2.24) is 39.8 Å². The van der Waals surface area contributed by atoms with Crippen LogP contribution in [0, 0.1) is 5.92 Å². The number of benzene rings is 2. The third kappa shape index (κ3) is 8.12. The van der Waals surface area contributed by atoms with Crippen molar-refractivity contribution in [2.24, 2.45) is 13.0 Å². The number of anilines is 3. The summed E-state index contributed by atoms with van der Waals surface area (Å²) in [5, 5.41) is 14.4. The highest BCUT2D eigenvalue weighted by Crippen LogP contribution is 2.36. The second kappa shape index (κ2) is 16.9. The lowest BCUT2D eigenvalue weighted by molar-refractivity contribution is -0.134. The van der Waals surface area contributed by atoms with Crippen molar-refractivity contribution < 1.29 is 23.9 Å². The van der Waals surface area contributed by atoms with Crippen LogP contribution < -0.4 is 30.5 Å². The Hall–Kier alpha value is -6.03. The van der Waals surface area contributed by atoms with Crippen LogP contribution in [0.3, 0.4) is 0 Å². The number of nitrogens with zero attached hydrogens (tertiary/aromatic N) is 8. The van der Waals surface area contributed by atoms with Gasteiger partial charge in [-0.1, -0.05) is 0 Å². The van der Waals surface area contributed by atoms with Crippen molar-refractivity contribution >= 4 is 62.8 Å². The second-order valence-electron chi connectivity index (χ2n) is 16.7. The molecule has 3 aromatic heterocycles. The van der Waals surface area contributed by atoms with Crippen molar-refractivity contribution in [3.8, 4) is 5.75 Å². The van der Waals surface area contributed by atoms with Gasteiger partial charge in [0.2, 0.25) is 11.8 Å². The molecule has 4 aliphatic heterocycles. The largest absolute Gasteiger partial charge is 0.496 e. The molecule has 1 atom stereocenters. The molecular weight excluding hydrogens is 763 g/mol. The first-order chi connectivity index (χ1) is 29.2. The number of carbonyl (C=O) groups is 4. The molecule has 4 amide bonds. The maximum Gasteiger partial charge on any atom is 0.258 e. The number of aromatic nitrogens is 5. The number of hydrogen-bond acceptors (Lipinski definition) is 11. The fourth-order valence-corrected chi connectivity index (χ4v) is 9.40. The highest BCUT2D eigenvalue weighted by molar-refractivity contribution is 6.13. The van der Waals surface area contributed by atoms with E-state index in [9.17, 15) is 19.2 Å². The number of rotatable bonds is 10. The molecule has 4 saturated heterocycles. The van der Waals surface area contributed by atoms with Crippen LogP contribution in [-0.2, 0) is 16.6 Å². The number of hydrogen-bond donors (Lipinski definition) is 3. The zero-order valence-electron chi connectivity index (χ0n) is 34.4. The van der Waals surface area contributed by atoms with E-state index in [2.05, 4.69) is 63.6 Å². The van der Waals surface area contributed by atoms with Crippen LogP contribution in [0.1, 0.15) is 84.5 Å². The average Bonchev–Trinajstić information content (AvgIpc) is 3.87. The number of aryl methyl sites for hydroxylation is 1. The molecule has 0 saturated carbocycles. The second-order valence-corrected chi connectivity index (χ2v) is 16.7. The Kier molecular flexibility index (Phi) is 11.1. The lowest BCUT2D eigenvalue weighted by atomic mass is 9.94. The average molecular weight is 816 g/mol. The molecule has 0 spiro atoms. The number of likely N-dealkylation sites (tertiary alicyclic amines) is 1. The van der Waals surface area contributed by atoms with Gasteiger partial charge in [-0.05, 0) is 87.6 Å². The van der Waals surface area contributed by atoms with E-state index in [-0.39, 0.29) is 24.7 Å². The first kappa shape index (κ1) is 39.4. The van der Waals surface area contributed by atoms with Gasteiger partial charge < -0.3 is 34.6 Å². The molecule has 60 heavy (non-hydrogen) atoms. The summed E-state index contributed by atoms with van der Waals surface area (Å²) in [5.41, 5.74) is 5.88. The van der Waals surface area contributed by atoms with Gasteiger partial charge >= 0.3 is 0 Å². The Bertz CT molecular complexity index is 2420. The van der Waals surface area contributed by atoms with Gasteiger partial charge in [-0.2, -0.15) is 5.10 Å². The predicted molar refractivity (Wildman–Crippen MR) is 229 cm³/mol. The number of carbonyl (C=O) groups excluding carboxylic acids is 4. The molecule has 4 aliphatic rings. The summed E-state index contributed by atoms with van der Waals surface area (Å²) in [6, 6.07) is 11.1. The smallest absolute Gasteiger partial charge is 0.258 e. The van der Waals surface area contributed by atoms with Gasteiger partial charge in [-0.25, -0.2) is 9.97 Å². The number of fused-ring (bicyclic) bond motifs is 2. The summed E-state index contributed by atoms with van der Waals surface area (Å²) in [4.78, 5) is 66.7. The maximum atomic E-state index is 13.8. The number of imide groups is 1. The van der Waals surface area contributed by atoms with Crippen molar-refractivity contribution in [3.63, 3.8) is 0 Å². The van der Waals surface area contributed by atoms with Crippen LogP contribution in [0.25, 0.3) is 22.1 Å². The normalized spacial score (nSPS) is 19.8. The van der Waals surface area contributed by atoms with Crippen LogP contribution in [0.5, 0.6) is 5.75 Å². The quantitative estimate of drug-likeness (QED) is 0.168. The molecule has 16 heteroatoms. The molecule has 9 rings (SSSR count). The van der Waals surface area contributed by atoms with E-state index in [0.29, 0.717) is 40.0 Å². The summed E-state index contributed by atoms with van der Waals surface area (Å²) < 4.78 is 9.59. The fourth-order valence-electron chi connectivity index (χ4n) is 9.40. The topological polar surface area (TPSA) is 172 Å². The monoisotopic (exact) mass is 815 g/mol. The van der Waals surface area contributed by atoms with Crippen LogP contribution in [0.2, 0.25) is 0 Å². The van der Waals surface area contributed by atoms with Crippen molar-refractivity contribution in [2.75, 3.05) is 68.0 Å². The summed E-state index contributed by atoms with van der Waals surface area (Å²) in [7, 11) is 3.42. The van der Waals surface area contributed by atoms with Crippen molar-refractivity contribution in [3.05, 3.63) is 66.2 Å². The number of pyridine rings is 1. The molecule has 2 aromatic carbocycles. The molecular formula is C44H53N11O5. The third-order valence-electron chi connectivity index (χ3n) is 12.8. The lowest BCUT2D eigenvalue weighted by Gasteiger charge is -2.38. The number of piperidine rings is 4. The third-order valence-corrected chi connectivity index (χ3v) is 12.8.